The predicted octanol–water partition coefficient (Wildman–Crippen LogP) is 2.82. The Hall–Kier alpha value is -1.68. The Kier molecular flexibility index (Phi) is 3.88. The third-order valence-corrected chi connectivity index (χ3v) is 3.42. The van der Waals surface area contributed by atoms with Crippen molar-refractivity contribution in [1.29, 1.82) is 0 Å². The molecule has 2 aromatic rings. The van der Waals surface area contributed by atoms with Crippen LogP contribution >= 0.6 is 11.3 Å². The summed E-state index contributed by atoms with van der Waals surface area (Å²) in [7, 11) is 0. The van der Waals surface area contributed by atoms with E-state index >= 15 is 0 Å². The van der Waals surface area contributed by atoms with Gasteiger partial charge in [-0.05, 0) is 6.42 Å². The lowest BCUT2D eigenvalue weighted by molar-refractivity contribution is 0.0994. The minimum absolute atomic E-state index is 0.0267. The number of aromatic nitrogens is 1. The van der Waals surface area contributed by atoms with Gasteiger partial charge < -0.3 is 0 Å². The molecule has 2 rings (SSSR count). The van der Waals surface area contributed by atoms with E-state index in [1.807, 2.05) is 24.4 Å². The van der Waals surface area contributed by atoms with Crippen LogP contribution < -0.4 is 5.32 Å². The van der Waals surface area contributed by atoms with Crippen LogP contribution in [0, 0.1) is 0 Å². The van der Waals surface area contributed by atoms with E-state index < -0.39 is 0 Å². The second-order valence-corrected chi connectivity index (χ2v) is 4.66. The number of rotatable bonds is 5. The van der Waals surface area contributed by atoms with E-state index in [4.69, 9.17) is 0 Å². The molecule has 0 amide bonds. The van der Waals surface area contributed by atoms with Gasteiger partial charge in [0.1, 0.15) is 6.54 Å². The van der Waals surface area contributed by atoms with Gasteiger partial charge in [0.05, 0.1) is 0 Å². The first-order valence-corrected chi connectivity index (χ1v) is 6.31. The summed E-state index contributed by atoms with van der Waals surface area (Å²) in [6, 6.07) is 9.20. The van der Waals surface area contributed by atoms with Crippen LogP contribution in [0.15, 0.2) is 36.5 Å². The van der Waals surface area contributed by atoms with Gasteiger partial charge in [-0.2, -0.15) is 0 Å². The highest BCUT2D eigenvalue weighted by Gasteiger charge is 2.07. The highest BCUT2D eigenvalue weighted by molar-refractivity contribution is 7.15. The summed E-state index contributed by atoms with van der Waals surface area (Å²) in [5.74, 6) is 0.0267. The van der Waals surface area contributed by atoms with Crippen molar-refractivity contribution in [1.82, 2.24) is 10.3 Å². The Balaban J connectivity index is 1.92. The van der Waals surface area contributed by atoms with Gasteiger partial charge in [0.25, 0.3) is 0 Å². The van der Waals surface area contributed by atoms with Crippen LogP contribution in [-0.4, -0.2) is 17.3 Å². The minimum atomic E-state index is 0.0267. The Bertz CT molecular complexity index is 493. The van der Waals surface area contributed by atoms with Crippen LogP contribution in [-0.2, 0) is 6.42 Å². The molecule has 87 valence electrons. The number of hydrogen-bond donors (Lipinski definition) is 0. The molecule has 0 aliphatic heterocycles. The van der Waals surface area contributed by atoms with Crippen LogP contribution in [0.2, 0.25) is 0 Å². The molecule has 0 saturated heterocycles. The van der Waals surface area contributed by atoms with Gasteiger partial charge in [-0.1, -0.05) is 37.3 Å². The van der Waals surface area contributed by atoms with Crippen molar-refractivity contribution in [3.05, 3.63) is 47.0 Å². The highest BCUT2D eigenvalue weighted by atomic mass is 32.1. The van der Waals surface area contributed by atoms with Crippen LogP contribution in [0.5, 0.6) is 0 Å². The van der Waals surface area contributed by atoms with E-state index in [1.54, 1.807) is 23.5 Å². The zero-order valence-electron chi connectivity index (χ0n) is 9.59. The Morgan fingerprint density at radius 2 is 2.12 bits per heavy atom. The topological polar surface area (TPSA) is 44.1 Å². The molecular formula is C13H13N2OS. The summed E-state index contributed by atoms with van der Waals surface area (Å²) < 4.78 is 0. The van der Waals surface area contributed by atoms with Crippen LogP contribution in [0.25, 0.3) is 0 Å². The SMILES string of the molecule is CCc1cnc([N]CC(=O)c2ccccc2)s1. The number of carbonyl (C=O) groups excluding carboxylic acids is 1. The van der Waals surface area contributed by atoms with Gasteiger partial charge in [0.2, 0.25) is 5.13 Å². The van der Waals surface area contributed by atoms with Gasteiger partial charge in [0.15, 0.2) is 5.78 Å². The molecule has 3 nitrogen and oxygen atoms in total. The molecule has 0 unspecified atom stereocenters. The Labute approximate surface area is 105 Å². The van der Waals surface area contributed by atoms with E-state index in [9.17, 15) is 4.79 Å². The fourth-order valence-electron chi connectivity index (χ4n) is 1.39. The van der Waals surface area contributed by atoms with Crippen molar-refractivity contribution < 1.29 is 4.79 Å². The highest BCUT2D eigenvalue weighted by Crippen LogP contribution is 2.18. The number of benzene rings is 1. The number of thiazole rings is 1. The molecular weight excluding hydrogens is 232 g/mol. The van der Waals surface area contributed by atoms with Crippen molar-refractivity contribution in [2.24, 2.45) is 0 Å². The maximum Gasteiger partial charge on any atom is 0.205 e. The van der Waals surface area contributed by atoms with Crippen molar-refractivity contribution in [2.45, 2.75) is 13.3 Å². The summed E-state index contributed by atoms with van der Waals surface area (Å²) in [6.45, 7) is 2.24. The molecule has 0 bridgehead atoms. The first kappa shape index (κ1) is 11.8. The molecule has 0 fully saturated rings. The normalized spacial score (nSPS) is 10.2. The number of carbonyl (C=O) groups is 1. The number of hydrogen-bond acceptors (Lipinski definition) is 3. The largest absolute Gasteiger partial charge is 0.292 e. The summed E-state index contributed by atoms with van der Waals surface area (Å²) in [6.07, 6.45) is 2.77. The maximum absolute atomic E-state index is 11.8. The van der Waals surface area contributed by atoms with E-state index in [2.05, 4.69) is 17.2 Å². The fraction of sp³-hybridized carbons (Fsp3) is 0.231. The minimum Gasteiger partial charge on any atom is -0.292 e. The number of ketones is 1. The van der Waals surface area contributed by atoms with Gasteiger partial charge in [-0.3, -0.25) is 4.79 Å². The summed E-state index contributed by atoms with van der Waals surface area (Å²) in [5, 5.41) is 4.90. The van der Waals surface area contributed by atoms with Crippen molar-refractivity contribution in [3.63, 3.8) is 0 Å². The number of nitrogens with zero attached hydrogens (tertiary/aromatic N) is 2. The smallest absolute Gasteiger partial charge is 0.205 e. The monoisotopic (exact) mass is 245 g/mol. The molecule has 4 heteroatoms. The lowest BCUT2D eigenvalue weighted by atomic mass is 10.1. The average Bonchev–Trinajstić information content (AvgIpc) is 2.85. The molecule has 0 spiro atoms. The number of Topliss-reactive ketones (excluding diaryl/α,β-unsaturated/α-hetero) is 1. The first-order valence-electron chi connectivity index (χ1n) is 5.50. The van der Waals surface area contributed by atoms with E-state index in [-0.39, 0.29) is 12.3 Å². The first-order chi connectivity index (χ1) is 8.29. The molecule has 0 aliphatic carbocycles. The molecule has 1 aromatic carbocycles. The van der Waals surface area contributed by atoms with Crippen molar-refractivity contribution in [2.75, 3.05) is 6.54 Å². The second-order valence-electron chi connectivity index (χ2n) is 3.57. The van der Waals surface area contributed by atoms with E-state index in [1.165, 1.54) is 4.88 Å². The lowest BCUT2D eigenvalue weighted by Gasteiger charge is -1.99. The summed E-state index contributed by atoms with van der Waals surface area (Å²) in [4.78, 5) is 17.1. The average molecular weight is 245 g/mol. The molecule has 0 N–H and O–H groups in total. The zero-order valence-corrected chi connectivity index (χ0v) is 10.4. The standard InChI is InChI=1S/C13H13N2OS/c1-2-11-8-14-13(17-11)15-9-12(16)10-6-4-3-5-7-10/h3-8H,2,9H2,1H3. The summed E-state index contributed by atoms with van der Waals surface area (Å²) >= 11 is 1.54. The molecule has 1 radical (unpaired) electrons. The van der Waals surface area contributed by atoms with E-state index in [0.29, 0.717) is 10.7 Å². The van der Waals surface area contributed by atoms with Crippen LogP contribution in [0.4, 0.5) is 5.13 Å². The molecule has 17 heavy (non-hydrogen) atoms. The van der Waals surface area contributed by atoms with Crippen molar-refractivity contribution >= 4 is 22.3 Å². The Morgan fingerprint density at radius 3 is 2.76 bits per heavy atom. The third-order valence-electron chi connectivity index (χ3n) is 2.34. The van der Waals surface area contributed by atoms with Crippen LogP contribution in [0.1, 0.15) is 22.2 Å². The molecule has 1 heterocycles. The fourth-order valence-corrected chi connectivity index (χ4v) is 2.11. The molecule has 1 aromatic heterocycles. The summed E-state index contributed by atoms with van der Waals surface area (Å²) in [5.41, 5.74) is 0.698. The third kappa shape index (κ3) is 3.14. The lowest BCUT2D eigenvalue weighted by Crippen LogP contribution is -2.12. The van der Waals surface area contributed by atoms with Crippen molar-refractivity contribution in [3.8, 4) is 0 Å². The molecule has 0 saturated carbocycles. The second kappa shape index (κ2) is 5.59. The van der Waals surface area contributed by atoms with E-state index in [0.717, 1.165) is 6.42 Å². The Morgan fingerprint density at radius 1 is 1.35 bits per heavy atom. The van der Waals surface area contributed by atoms with Gasteiger partial charge in [-0.15, -0.1) is 11.3 Å². The quantitative estimate of drug-likeness (QED) is 0.760. The van der Waals surface area contributed by atoms with Gasteiger partial charge >= 0.3 is 0 Å². The van der Waals surface area contributed by atoms with Crippen LogP contribution in [0.3, 0.4) is 0 Å². The van der Waals surface area contributed by atoms with Gasteiger partial charge in [0, 0.05) is 16.6 Å². The maximum atomic E-state index is 11.8. The zero-order chi connectivity index (χ0) is 12.1. The predicted molar refractivity (Wildman–Crippen MR) is 68.9 cm³/mol. The molecule has 0 aliphatic rings. The van der Waals surface area contributed by atoms with Gasteiger partial charge in [-0.25, -0.2) is 10.3 Å². The number of aryl methyl sites for hydroxylation is 1. The molecule has 0 atom stereocenters.